The molecule has 0 aliphatic rings. The molecule has 0 unspecified atom stereocenters. The third kappa shape index (κ3) is 3.82. The van der Waals surface area contributed by atoms with Crippen LogP contribution in [-0.2, 0) is 17.5 Å². The van der Waals surface area contributed by atoms with E-state index in [1.165, 1.54) is 6.26 Å². The SMILES string of the molecule is CC(C)(C)c1cc(NC(=O)c2coc(CN)c2)n(C(C)(C)C)n1. The Morgan fingerprint density at radius 2 is 1.91 bits per heavy atom. The Kier molecular flexibility index (Phi) is 4.39. The zero-order valence-electron chi connectivity index (χ0n) is 14.7. The van der Waals surface area contributed by atoms with E-state index >= 15 is 0 Å². The van der Waals surface area contributed by atoms with Gasteiger partial charge in [0.15, 0.2) is 0 Å². The summed E-state index contributed by atoms with van der Waals surface area (Å²) in [6.45, 7) is 12.7. The summed E-state index contributed by atoms with van der Waals surface area (Å²) in [5.74, 6) is 1.01. The lowest BCUT2D eigenvalue weighted by Gasteiger charge is -2.22. The van der Waals surface area contributed by atoms with E-state index < -0.39 is 0 Å². The number of nitrogens with zero attached hydrogens (tertiary/aromatic N) is 2. The highest BCUT2D eigenvalue weighted by Gasteiger charge is 2.26. The normalized spacial score (nSPS) is 12.5. The van der Waals surface area contributed by atoms with Crippen molar-refractivity contribution >= 4 is 11.7 Å². The van der Waals surface area contributed by atoms with Gasteiger partial charge in [0.05, 0.1) is 23.3 Å². The Morgan fingerprint density at radius 3 is 2.39 bits per heavy atom. The molecule has 0 saturated carbocycles. The second-order valence-corrected chi connectivity index (χ2v) is 7.71. The van der Waals surface area contributed by atoms with Crippen molar-refractivity contribution in [3.63, 3.8) is 0 Å². The third-order valence-corrected chi connectivity index (χ3v) is 3.47. The molecule has 0 atom stereocenters. The van der Waals surface area contributed by atoms with Gasteiger partial charge in [-0.3, -0.25) is 4.79 Å². The molecule has 23 heavy (non-hydrogen) atoms. The third-order valence-electron chi connectivity index (χ3n) is 3.47. The van der Waals surface area contributed by atoms with Crippen molar-refractivity contribution < 1.29 is 9.21 Å². The molecule has 0 spiro atoms. The number of carbonyl (C=O) groups is 1. The molecule has 2 heterocycles. The van der Waals surface area contributed by atoms with E-state index in [9.17, 15) is 4.79 Å². The molecule has 0 bridgehead atoms. The molecule has 1 amide bonds. The minimum atomic E-state index is -0.245. The molecule has 2 rings (SSSR count). The zero-order valence-corrected chi connectivity index (χ0v) is 14.7. The summed E-state index contributed by atoms with van der Waals surface area (Å²) < 4.78 is 7.06. The summed E-state index contributed by atoms with van der Waals surface area (Å²) in [6, 6.07) is 3.57. The first-order chi connectivity index (χ1) is 10.5. The predicted molar refractivity (Wildman–Crippen MR) is 90.5 cm³/mol. The summed E-state index contributed by atoms with van der Waals surface area (Å²) in [6.07, 6.45) is 1.42. The lowest BCUT2D eigenvalue weighted by atomic mass is 9.92. The van der Waals surface area contributed by atoms with Crippen molar-refractivity contribution in [3.8, 4) is 0 Å². The second-order valence-electron chi connectivity index (χ2n) is 7.71. The van der Waals surface area contributed by atoms with Gasteiger partial charge in [0.25, 0.3) is 5.91 Å². The number of aromatic nitrogens is 2. The highest BCUT2D eigenvalue weighted by molar-refractivity contribution is 6.03. The molecule has 6 heteroatoms. The van der Waals surface area contributed by atoms with Crippen LogP contribution in [-0.4, -0.2) is 15.7 Å². The smallest absolute Gasteiger partial charge is 0.260 e. The Bertz CT molecular complexity index is 699. The fourth-order valence-corrected chi connectivity index (χ4v) is 2.14. The van der Waals surface area contributed by atoms with Gasteiger partial charge in [0, 0.05) is 11.5 Å². The average molecular weight is 318 g/mol. The number of hydrogen-bond donors (Lipinski definition) is 2. The predicted octanol–water partition coefficient (Wildman–Crippen LogP) is 3.24. The van der Waals surface area contributed by atoms with Gasteiger partial charge in [0.2, 0.25) is 0 Å². The Hall–Kier alpha value is -2.08. The van der Waals surface area contributed by atoms with Gasteiger partial charge in [-0.25, -0.2) is 4.68 Å². The molecule has 6 nitrogen and oxygen atoms in total. The first-order valence-electron chi connectivity index (χ1n) is 7.72. The lowest BCUT2D eigenvalue weighted by molar-refractivity contribution is 0.102. The number of nitrogens with one attached hydrogen (secondary N) is 1. The maximum atomic E-state index is 12.4. The maximum Gasteiger partial charge on any atom is 0.260 e. The number of hydrogen-bond acceptors (Lipinski definition) is 4. The molecule has 126 valence electrons. The summed E-state index contributed by atoms with van der Waals surface area (Å²) >= 11 is 0. The molecule has 0 saturated heterocycles. The van der Waals surface area contributed by atoms with Gasteiger partial charge in [-0.2, -0.15) is 5.10 Å². The minimum Gasteiger partial charge on any atom is -0.467 e. The fraction of sp³-hybridized carbons (Fsp3) is 0.529. The van der Waals surface area contributed by atoms with Gasteiger partial charge in [-0.05, 0) is 26.8 Å². The molecule has 2 aromatic rings. The number of carbonyl (C=O) groups excluding carboxylic acids is 1. The lowest BCUT2D eigenvalue weighted by Crippen LogP contribution is -2.27. The Labute approximate surface area is 137 Å². The molecule has 0 aliphatic heterocycles. The van der Waals surface area contributed by atoms with Crippen molar-refractivity contribution in [3.05, 3.63) is 35.4 Å². The molecular formula is C17H26N4O2. The zero-order chi connectivity index (χ0) is 17.4. The van der Waals surface area contributed by atoms with E-state index in [0.717, 1.165) is 5.69 Å². The van der Waals surface area contributed by atoms with Gasteiger partial charge in [-0.1, -0.05) is 20.8 Å². The van der Waals surface area contributed by atoms with Gasteiger partial charge >= 0.3 is 0 Å². The average Bonchev–Trinajstić information content (AvgIpc) is 3.03. The van der Waals surface area contributed by atoms with E-state index in [4.69, 9.17) is 10.2 Å². The van der Waals surface area contributed by atoms with Crippen LogP contribution in [0.25, 0.3) is 0 Å². The summed E-state index contributed by atoms with van der Waals surface area (Å²) in [5.41, 5.74) is 6.54. The van der Waals surface area contributed by atoms with Crippen LogP contribution >= 0.6 is 0 Å². The summed E-state index contributed by atoms with van der Waals surface area (Å²) in [7, 11) is 0. The van der Waals surface area contributed by atoms with Crippen molar-refractivity contribution in [2.24, 2.45) is 5.73 Å². The van der Waals surface area contributed by atoms with Crippen LogP contribution in [0.4, 0.5) is 5.82 Å². The molecule has 2 aromatic heterocycles. The largest absolute Gasteiger partial charge is 0.467 e. The molecule has 3 N–H and O–H groups in total. The van der Waals surface area contributed by atoms with Crippen LogP contribution in [0.1, 0.15) is 63.4 Å². The number of rotatable bonds is 3. The second kappa shape index (κ2) is 5.85. The number of anilines is 1. The summed E-state index contributed by atoms with van der Waals surface area (Å²) in [4.78, 5) is 12.4. The van der Waals surface area contributed by atoms with Gasteiger partial charge in [-0.15, -0.1) is 0 Å². The fourth-order valence-electron chi connectivity index (χ4n) is 2.14. The van der Waals surface area contributed by atoms with E-state index in [2.05, 4.69) is 31.2 Å². The first-order valence-corrected chi connectivity index (χ1v) is 7.72. The van der Waals surface area contributed by atoms with Crippen LogP contribution in [0, 0.1) is 0 Å². The Morgan fingerprint density at radius 1 is 1.26 bits per heavy atom. The molecule has 0 aromatic carbocycles. The van der Waals surface area contributed by atoms with Crippen molar-refractivity contribution in [1.29, 1.82) is 0 Å². The number of furan rings is 1. The molecule has 0 fully saturated rings. The van der Waals surface area contributed by atoms with Crippen LogP contribution in [0.2, 0.25) is 0 Å². The Balaban J connectivity index is 2.34. The maximum absolute atomic E-state index is 12.4. The van der Waals surface area contributed by atoms with Gasteiger partial charge in [0.1, 0.15) is 17.8 Å². The van der Waals surface area contributed by atoms with Crippen LogP contribution in [0.3, 0.4) is 0 Å². The minimum absolute atomic E-state index is 0.0989. The van der Waals surface area contributed by atoms with Crippen LogP contribution in [0.5, 0.6) is 0 Å². The van der Waals surface area contributed by atoms with Crippen molar-refractivity contribution in [2.75, 3.05) is 5.32 Å². The van der Waals surface area contributed by atoms with Crippen LogP contribution in [0.15, 0.2) is 22.8 Å². The van der Waals surface area contributed by atoms with E-state index in [-0.39, 0.29) is 23.4 Å². The van der Waals surface area contributed by atoms with E-state index in [1.54, 1.807) is 6.07 Å². The number of amides is 1. The highest BCUT2D eigenvalue weighted by atomic mass is 16.3. The van der Waals surface area contributed by atoms with Crippen molar-refractivity contribution in [1.82, 2.24) is 9.78 Å². The summed E-state index contributed by atoms with van der Waals surface area (Å²) in [5, 5.41) is 7.60. The van der Waals surface area contributed by atoms with E-state index in [1.807, 2.05) is 31.5 Å². The highest BCUT2D eigenvalue weighted by Crippen LogP contribution is 2.28. The topological polar surface area (TPSA) is 86.1 Å². The molecule has 0 radical (unpaired) electrons. The molecular weight excluding hydrogens is 292 g/mol. The van der Waals surface area contributed by atoms with E-state index in [0.29, 0.717) is 17.1 Å². The monoisotopic (exact) mass is 318 g/mol. The standard InChI is InChI=1S/C17H26N4O2/c1-16(2,3)13-8-14(21(20-13)17(4,5)6)19-15(22)11-7-12(9-18)23-10-11/h7-8,10H,9,18H2,1-6H3,(H,19,22). The van der Waals surface area contributed by atoms with Crippen LogP contribution < -0.4 is 11.1 Å². The first kappa shape index (κ1) is 17.3. The van der Waals surface area contributed by atoms with Crippen molar-refractivity contribution in [2.45, 2.75) is 59.0 Å². The van der Waals surface area contributed by atoms with Gasteiger partial charge < -0.3 is 15.5 Å². The number of nitrogens with two attached hydrogens (primary N) is 1. The molecule has 0 aliphatic carbocycles. The quantitative estimate of drug-likeness (QED) is 0.909.